The summed E-state index contributed by atoms with van der Waals surface area (Å²) < 4.78 is 31.5. The highest BCUT2D eigenvalue weighted by atomic mass is 32.2. The number of benzene rings is 1. The van der Waals surface area contributed by atoms with Crippen molar-refractivity contribution >= 4 is 27.7 Å². The number of hydrogen-bond acceptors (Lipinski definition) is 6. The number of unbranched alkanes of at least 4 members (excludes halogenated alkanes) is 1. The number of sulfonamides is 1. The smallest absolute Gasteiger partial charge is 0.331 e. The predicted molar refractivity (Wildman–Crippen MR) is 101 cm³/mol. The summed E-state index contributed by atoms with van der Waals surface area (Å²) in [4.78, 5) is 30.2. The predicted octanol–water partition coefficient (Wildman–Crippen LogP) is 1.31. The molecule has 2 rings (SSSR count). The minimum atomic E-state index is -3.67. The molecule has 27 heavy (non-hydrogen) atoms. The van der Waals surface area contributed by atoms with E-state index in [9.17, 15) is 18.0 Å². The molecule has 0 aromatic heterocycles. The number of carbonyl (C=O) groups is 2. The fourth-order valence-corrected chi connectivity index (χ4v) is 3.87. The Morgan fingerprint density at radius 2 is 1.96 bits per heavy atom. The van der Waals surface area contributed by atoms with Crippen LogP contribution in [0.4, 0.5) is 0 Å². The summed E-state index contributed by atoms with van der Waals surface area (Å²) in [6.45, 7) is 6.21. The Morgan fingerprint density at radius 3 is 2.63 bits per heavy atom. The van der Waals surface area contributed by atoms with Crippen LogP contribution in [-0.2, 0) is 24.3 Å². The molecule has 0 fully saturated rings. The maximum atomic E-state index is 12.2. The van der Waals surface area contributed by atoms with Crippen LogP contribution in [0, 0.1) is 0 Å². The summed E-state index contributed by atoms with van der Waals surface area (Å²) in [5.41, 5.74) is 0.407. The number of rotatable bonds is 8. The number of amidine groups is 1. The summed E-state index contributed by atoms with van der Waals surface area (Å²) in [6.07, 6.45) is 1.85. The van der Waals surface area contributed by atoms with Crippen molar-refractivity contribution in [1.82, 2.24) is 9.62 Å². The normalized spacial score (nSPS) is 17.1. The number of amides is 1. The molecule has 1 heterocycles. The average Bonchev–Trinajstić information content (AvgIpc) is 2.90. The van der Waals surface area contributed by atoms with Crippen molar-refractivity contribution in [2.24, 2.45) is 4.99 Å². The molecule has 1 aliphatic heterocycles. The number of nitrogens with one attached hydrogen (secondary N) is 1. The molecule has 9 heteroatoms. The van der Waals surface area contributed by atoms with Gasteiger partial charge in [-0.3, -0.25) is 14.5 Å². The summed E-state index contributed by atoms with van der Waals surface area (Å²) in [6, 6.07) is 5.43. The van der Waals surface area contributed by atoms with E-state index in [0.717, 1.165) is 12.8 Å². The molecule has 1 N–H and O–H groups in total. The van der Waals surface area contributed by atoms with Gasteiger partial charge in [-0.1, -0.05) is 25.5 Å². The number of fused-ring (bicyclic) bond motifs is 1. The van der Waals surface area contributed by atoms with Gasteiger partial charge in [-0.05, 0) is 32.4 Å². The maximum Gasteiger partial charge on any atom is 0.331 e. The maximum absolute atomic E-state index is 12.2. The van der Waals surface area contributed by atoms with Gasteiger partial charge in [0.25, 0.3) is 15.9 Å². The van der Waals surface area contributed by atoms with E-state index >= 15 is 0 Å². The summed E-state index contributed by atoms with van der Waals surface area (Å²) in [5.74, 6) is -0.850. The van der Waals surface area contributed by atoms with Gasteiger partial charge in [0.15, 0.2) is 6.61 Å². The van der Waals surface area contributed by atoms with Gasteiger partial charge in [-0.2, -0.15) is 0 Å². The Kier molecular flexibility index (Phi) is 6.95. The van der Waals surface area contributed by atoms with Gasteiger partial charge in [0, 0.05) is 18.7 Å². The average molecular weight is 395 g/mol. The van der Waals surface area contributed by atoms with Crippen LogP contribution in [0.3, 0.4) is 0 Å². The van der Waals surface area contributed by atoms with Crippen LogP contribution < -0.4 is 4.72 Å². The molecule has 0 saturated heterocycles. The van der Waals surface area contributed by atoms with Gasteiger partial charge in [0.05, 0.1) is 4.90 Å². The first kappa shape index (κ1) is 20.9. The fraction of sp³-hybridized carbons (Fsp3) is 0.500. The fourth-order valence-electron chi connectivity index (χ4n) is 2.63. The molecule has 0 spiro atoms. The summed E-state index contributed by atoms with van der Waals surface area (Å²) >= 11 is 0. The third-order valence-electron chi connectivity index (χ3n) is 4.18. The Hall–Kier alpha value is -2.42. The van der Waals surface area contributed by atoms with Crippen molar-refractivity contribution < 1.29 is 22.7 Å². The molecular weight excluding hydrogens is 370 g/mol. The minimum Gasteiger partial charge on any atom is -0.454 e. The van der Waals surface area contributed by atoms with E-state index in [1.165, 1.54) is 13.0 Å². The Labute approximate surface area is 159 Å². The van der Waals surface area contributed by atoms with Crippen LogP contribution in [-0.4, -0.2) is 56.8 Å². The van der Waals surface area contributed by atoms with E-state index in [1.54, 1.807) is 23.1 Å². The number of aliphatic imine (C=N–C) groups is 1. The quantitative estimate of drug-likeness (QED) is 0.668. The third-order valence-corrected chi connectivity index (χ3v) is 5.58. The highest BCUT2D eigenvalue weighted by Crippen LogP contribution is 2.22. The number of likely N-dealkylation sites (N-methyl/N-ethyl adjacent to an activating group) is 1. The monoisotopic (exact) mass is 395 g/mol. The lowest BCUT2D eigenvalue weighted by atomic mass is 10.2. The standard InChI is InChI=1S/C18H25N3O5S/c1-4-6-11-21(5-2)16(22)12-26-18(23)13(3)19-17-14-9-7-8-10-15(14)27(24,25)20-17/h7-10,13H,4-6,11-12H2,1-3H3,(H,19,20)/t13-/m0/s1. The topological polar surface area (TPSA) is 105 Å². The molecule has 1 amide bonds. The minimum absolute atomic E-state index is 0.0968. The van der Waals surface area contributed by atoms with Crippen molar-refractivity contribution in [3.05, 3.63) is 29.8 Å². The largest absolute Gasteiger partial charge is 0.454 e. The lowest BCUT2D eigenvalue weighted by Crippen LogP contribution is -2.36. The van der Waals surface area contributed by atoms with E-state index < -0.39 is 22.0 Å². The van der Waals surface area contributed by atoms with Gasteiger partial charge in [-0.25, -0.2) is 13.2 Å². The van der Waals surface area contributed by atoms with Crippen molar-refractivity contribution in [2.75, 3.05) is 19.7 Å². The Bertz CT molecular complexity index is 835. The molecule has 1 aromatic rings. The molecule has 0 radical (unpaired) electrons. The van der Waals surface area contributed by atoms with Crippen LogP contribution >= 0.6 is 0 Å². The number of carbonyl (C=O) groups excluding carboxylic acids is 2. The van der Waals surface area contributed by atoms with Gasteiger partial charge in [-0.15, -0.1) is 0 Å². The van der Waals surface area contributed by atoms with Crippen molar-refractivity contribution in [1.29, 1.82) is 0 Å². The lowest BCUT2D eigenvalue weighted by molar-refractivity contribution is -0.152. The molecule has 1 atom stereocenters. The second kappa shape index (κ2) is 8.98. The zero-order valence-electron chi connectivity index (χ0n) is 15.8. The van der Waals surface area contributed by atoms with E-state index in [2.05, 4.69) is 9.71 Å². The number of hydrogen-bond donors (Lipinski definition) is 1. The first-order chi connectivity index (χ1) is 12.8. The molecule has 1 aromatic carbocycles. The van der Waals surface area contributed by atoms with Gasteiger partial charge in [0.1, 0.15) is 11.9 Å². The number of ether oxygens (including phenoxy) is 1. The SMILES string of the molecule is CCCCN(CC)C(=O)COC(=O)[C@H](C)N=C1NS(=O)(=O)c2ccccc21. The van der Waals surface area contributed by atoms with E-state index in [4.69, 9.17) is 4.74 Å². The number of nitrogens with zero attached hydrogens (tertiary/aromatic N) is 2. The molecule has 0 unspecified atom stereocenters. The van der Waals surface area contributed by atoms with Gasteiger partial charge in [0.2, 0.25) is 0 Å². The third kappa shape index (κ3) is 5.06. The first-order valence-electron chi connectivity index (χ1n) is 8.94. The zero-order chi connectivity index (χ0) is 20.0. The molecular formula is C18H25N3O5S. The van der Waals surface area contributed by atoms with Crippen LogP contribution in [0.25, 0.3) is 0 Å². The molecule has 148 valence electrons. The van der Waals surface area contributed by atoms with Crippen LogP contribution in [0.15, 0.2) is 34.2 Å². The van der Waals surface area contributed by atoms with Gasteiger partial charge >= 0.3 is 5.97 Å². The lowest BCUT2D eigenvalue weighted by Gasteiger charge is -2.20. The second-order valence-electron chi connectivity index (χ2n) is 6.19. The van der Waals surface area contributed by atoms with Crippen LogP contribution in [0.1, 0.15) is 39.2 Å². The highest BCUT2D eigenvalue weighted by molar-refractivity contribution is 7.90. The van der Waals surface area contributed by atoms with Gasteiger partial charge < -0.3 is 9.64 Å². The number of esters is 1. The van der Waals surface area contributed by atoms with Crippen molar-refractivity contribution in [2.45, 2.75) is 44.6 Å². The zero-order valence-corrected chi connectivity index (χ0v) is 16.6. The van der Waals surface area contributed by atoms with E-state index in [0.29, 0.717) is 18.7 Å². The first-order valence-corrected chi connectivity index (χ1v) is 10.4. The van der Waals surface area contributed by atoms with Crippen LogP contribution in [0.5, 0.6) is 0 Å². The Balaban J connectivity index is 2.00. The highest BCUT2D eigenvalue weighted by Gasteiger charge is 2.31. The van der Waals surface area contributed by atoms with Crippen LogP contribution in [0.2, 0.25) is 0 Å². The van der Waals surface area contributed by atoms with Crippen molar-refractivity contribution in [3.63, 3.8) is 0 Å². The van der Waals surface area contributed by atoms with Crippen molar-refractivity contribution in [3.8, 4) is 0 Å². The molecule has 8 nitrogen and oxygen atoms in total. The molecule has 0 aliphatic carbocycles. The van der Waals surface area contributed by atoms with E-state index in [-0.39, 0.29) is 23.2 Å². The summed E-state index contributed by atoms with van der Waals surface area (Å²) in [7, 11) is -3.67. The van der Waals surface area contributed by atoms with E-state index in [1.807, 2.05) is 13.8 Å². The molecule has 0 bridgehead atoms. The Morgan fingerprint density at radius 1 is 1.26 bits per heavy atom. The summed E-state index contributed by atoms with van der Waals surface area (Å²) in [5, 5.41) is 0. The molecule has 1 aliphatic rings. The second-order valence-corrected chi connectivity index (χ2v) is 7.84. The molecule has 0 saturated carbocycles.